The number of rotatable bonds is 6. The lowest BCUT2D eigenvalue weighted by molar-refractivity contribution is -0.115. The molecule has 0 saturated heterocycles. The first-order chi connectivity index (χ1) is 11.3. The molecule has 24 heavy (non-hydrogen) atoms. The smallest absolute Gasteiger partial charge is 0.241 e. The Bertz CT molecular complexity index is 856. The van der Waals surface area contributed by atoms with Gasteiger partial charge < -0.3 is 10.1 Å². The summed E-state index contributed by atoms with van der Waals surface area (Å²) in [7, 11) is -2.35. The summed E-state index contributed by atoms with van der Waals surface area (Å²) >= 11 is 11.7. The Morgan fingerprint density at radius 2 is 1.92 bits per heavy atom. The van der Waals surface area contributed by atoms with Gasteiger partial charge in [-0.1, -0.05) is 29.3 Å². The van der Waals surface area contributed by atoms with Gasteiger partial charge in [-0.3, -0.25) is 4.79 Å². The normalized spacial score (nSPS) is 11.1. The Labute approximate surface area is 149 Å². The summed E-state index contributed by atoms with van der Waals surface area (Å²) < 4.78 is 31.4. The van der Waals surface area contributed by atoms with Gasteiger partial charge in [0.1, 0.15) is 5.75 Å². The van der Waals surface area contributed by atoms with Gasteiger partial charge >= 0.3 is 0 Å². The molecule has 0 aliphatic heterocycles. The van der Waals surface area contributed by atoms with Crippen molar-refractivity contribution in [3.63, 3.8) is 0 Å². The maximum Gasteiger partial charge on any atom is 0.241 e. The fourth-order valence-corrected chi connectivity index (χ4v) is 3.37. The van der Waals surface area contributed by atoms with Crippen LogP contribution in [0.2, 0.25) is 10.0 Å². The van der Waals surface area contributed by atoms with E-state index in [1.165, 1.54) is 31.4 Å². The summed E-state index contributed by atoms with van der Waals surface area (Å²) in [6.07, 6.45) is 0. The van der Waals surface area contributed by atoms with E-state index in [-0.39, 0.29) is 9.92 Å². The van der Waals surface area contributed by atoms with E-state index in [0.29, 0.717) is 16.5 Å². The number of nitrogens with one attached hydrogen (secondary N) is 2. The topological polar surface area (TPSA) is 84.5 Å². The molecule has 2 aromatic carbocycles. The minimum atomic E-state index is -3.83. The van der Waals surface area contributed by atoms with Crippen molar-refractivity contribution >= 4 is 44.8 Å². The Morgan fingerprint density at radius 1 is 1.17 bits per heavy atom. The molecule has 0 radical (unpaired) electrons. The van der Waals surface area contributed by atoms with E-state index in [0.717, 1.165) is 0 Å². The second-order valence-electron chi connectivity index (χ2n) is 4.68. The number of anilines is 1. The summed E-state index contributed by atoms with van der Waals surface area (Å²) in [4.78, 5) is 11.9. The lowest BCUT2D eigenvalue weighted by Gasteiger charge is -2.09. The van der Waals surface area contributed by atoms with E-state index in [9.17, 15) is 13.2 Å². The van der Waals surface area contributed by atoms with E-state index in [1.54, 1.807) is 18.2 Å². The molecule has 0 aliphatic carbocycles. The van der Waals surface area contributed by atoms with Gasteiger partial charge in [0.2, 0.25) is 15.9 Å². The monoisotopic (exact) mass is 388 g/mol. The number of hydrogen-bond donors (Lipinski definition) is 2. The molecular formula is C15H14Cl2N2O4S. The zero-order chi connectivity index (χ0) is 17.7. The number of carbonyl (C=O) groups is 1. The third kappa shape index (κ3) is 4.85. The average Bonchev–Trinajstić information content (AvgIpc) is 2.53. The maximum atomic E-state index is 12.1. The molecule has 0 aliphatic rings. The van der Waals surface area contributed by atoms with Gasteiger partial charge in [0, 0.05) is 10.7 Å². The van der Waals surface area contributed by atoms with Crippen molar-refractivity contribution in [3.8, 4) is 5.75 Å². The first-order valence-corrected chi connectivity index (χ1v) is 8.94. The van der Waals surface area contributed by atoms with Crippen LogP contribution < -0.4 is 14.8 Å². The number of benzene rings is 2. The van der Waals surface area contributed by atoms with Crippen molar-refractivity contribution < 1.29 is 17.9 Å². The van der Waals surface area contributed by atoms with E-state index in [4.69, 9.17) is 27.9 Å². The molecular weight excluding hydrogens is 375 g/mol. The first kappa shape index (κ1) is 18.5. The minimum Gasteiger partial charge on any atom is -0.495 e. The van der Waals surface area contributed by atoms with Gasteiger partial charge in [-0.2, -0.15) is 0 Å². The van der Waals surface area contributed by atoms with E-state index in [2.05, 4.69) is 10.0 Å². The van der Waals surface area contributed by atoms with E-state index < -0.39 is 22.5 Å². The molecule has 0 heterocycles. The van der Waals surface area contributed by atoms with Crippen molar-refractivity contribution in [2.45, 2.75) is 4.90 Å². The molecule has 2 aromatic rings. The first-order valence-electron chi connectivity index (χ1n) is 6.70. The maximum absolute atomic E-state index is 12.1. The van der Waals surface area contributed by atoms with Crippen LogP contribution >= 0.6 is 23.2 Å². The molecule has 2 N–H and O–H groups in total. The molecule has 1 amide bonds. The Kier molecular flexibility index (Phi) is 6.06. The number of halogens is 2. The van der Waals surface area contributed by atoms with Crippen molar-refractivity contribution in [2.24, 2.45) is 0 Å². The quantitative estimate of drug-likeness (QED) is 0.796. The van der Waals surface area contributed by atoms with Gasteiger partial charge in [-0.25, -0.2) is 13.1 Å². The van der Waals surface area contributed by atoms with Gasteiger partial charge in [-0.05, 0) is 36.4 Å². The summed E-state index contributed by atoms with van der Waals surface area (Å²) in [5.41, 5.74) is 0.424. The SMILES string of the molecule is COc1ccc(NC(=O)CNS(=O)(=O)c2cccc(Cl)c2)cc1Cl. The predicted octanol–water partition coefficient (Wildman–Crippen LogP) is 2.92. The average molecular weight is 389 g/mol. The molecule has 0 bridgehead atoms. The van der Waals surface area contributed by atoms with Crippen LogP contribution in [-0.2, 0) is 14.8 Å². The molecule has 0 spiro atoms. The van der Waals surface area contributed by atoms with Gasteiger partial charge in [0.05, 0.1) is 23.6 Å². The Balaban J connectivity index is 1.99. The third-order valence-corrected chi connectivity index (χ3v) is 4.89. The van der Waals surface area contributed by atoms with Gasteiger partial charge in [0.15, 0.2) is 0 Å². The lowest BCUT2D eigenvalue weighted by atomic mass is 10.3. The predicted molar refractivity (Wildman–Crippen MR) is 93.3 cm³/mol. The van der Waals surface area contributed by atoms with Crippen LogP contribution in [0.3, 0.4) is 0 Å². The fourth-order valence-electron chi connectivity index (χ4n) is 1.83. The molecule has 0 unspecified atom stereocenters. The number of sulfonamides is 1. The van der Waals surface area contributed by atoms with Crippen molar-refractivity contribution in [2.75, 3.05) is 19.0 Å². The Hall–Kier alpha value is -1.80. The highest BCUT2D eigenvalue weighted by Crippen LogP contribution is 2.27. The zero-order valence-corrected chi connectivity index (χ0v) is 14.9. The highest BCUT2D eigenvalue weighted by molar-refractivity contribution is 7.89. The summed E-state index contributed by atoms with van der Waals surface area (Å²) in [6, 6.07) is 10.4. The van der Waals surface area contributed by atoms with Crippen LogP contribution in [0.4, 0.5) is 5.69 Å². The van der Waals surface area contributed by atoms with Crippen LogP contribution in [0.1, 0.15) is 0 Å². The van der Waals surface area contributed by atoms with Crippen molar-refractivity contribution in [1.82, 2.24) is 4.72 Å². The number of hydrogen-bond acceptors (Lipinski definition) is 4. The van der Waals surface area contributed by atoms with Gasteiger partial charge in [-0.15, -0.1) is 0 Å². The summed E-state index contributed by atoms with van der Waals surface area (Å²) in [5.74, 6) is -0.0711. The van der Waals surface area contributed by atoms with E-state index >= 15 is 0 Å². The van der Waals surface area contributed by atoms with Crippen LogP contribution in [0.5, 0.6) is 5.75 Å². The van der Waals surface area contributed by atoms with Gasteiger partial charge in [0.25, 0.3) is 0 Å². The van der Waals surface area contributed by atoms with E-state index in [1.807, 2.05) is 0 Å². The molecule has 0 fully saturated rings. The highest BCUT2D eigenvalue weighted by Gasteiger charge is 2.16. The standard InChI is InChI=1S/C15H14Cl2N2O4S/c1-23-14-6-5-11(8-13(14)17)19-15(20)9-18-24(21,22)12-4-2-3-10(16)7-12/h2-8,18H,9H2,1H3,(H,19,20). The van der Waals surface area contributed by atoms with Crippen LogP contribution in [0.25, 0.3) is 0 Å². The van der Waals surface area contributed by atoms with Crippen molar-refractivity contribution in [1.29, 1.82) is 0 Å². The second-order valence-corrected chi connectivity index (χ2v) is 7.29. The van der Waals surface area contributed by atoms with Crippen LogP contribution in [0, 0.1) is 0 Å². The molecule has 0 atom stereocenters. The lowest BCUT2D eigenvalue weighted by Crippen LogP contribution is -2.32. The van der Waals surface area contributed by atoms with Crippen molar-refractivity contribution in [3.05, 3.63) is 52.5 Å². The number of ether oxygens (including phenoxy) is 1. The molecule has 6 nitrogen and oxygen atoms in total. The third-order valence-electron chi connectivity index (χ3n) is 2.96. The molecule has 0 aromatic heterocycles. The Morgan fingerprint density at radius 3 is 2.54 bits per heavy atom. The number of amides is 1. The number of methoxy groups -OCH3 is 1. The molecule has 0 saturated carbocycles. The largest absolute Gasteiger partial charge is 0.495 e. The zero-order valence-electron chi connectivity index (χ0n) is 12.5. The second kappa shape index (κ2) is 7.85. The highest BCUT2D eigenvalue weighted by atomic mass is 35.5. The summed E-state index contributed by atoms with van der Waals surface area (Å²) in [5, 5.41) is 3.15. The molecule has 128 valence electrons. The number of carbonyl (C=O) groups excluding carboxylic acids is 1. The molecule has 2 rings (SSSR count). The summed E-state index contributed by atoms with van der Waals surface area (Å²) in [6.45, 7) is -0.432. The molecule has 9 heteroatoms. The minimum absolute atomic E-state index is 0.0182. The van der Waals surface area contributed by atoms with Crippen LogP contribution in [-0.4, -0.2) is 28.0 Å². The fraction of sp³-hybridized carbons (Fsp3) is 0.133. The van der Waals surface area contributed by atoms with Crippen LogP contribution in [0.15, 0.2) is 47.4 Å².